The molecule has 1 heterocycles. The van der Waals surface area contributed by atoms with Crippen molar-refractivity contribution in [2.45, 2.75) is 25.8 Å². The molecule has 0 fully saturated rings. The van der Waals surface area contributed by atoms with Crippen LogP contribution in [-0.4, -0.2) is 17.6 Å². The molecule has 25 heavy (non-hydrogen) atoms. The van der Waals surface area contributed by atoms with Crippen molar-refractivity contribution < 1.29 is 9.53 Å². The van der Waals surface area contributed by atoms with Crippen LogP contribution in [0, 0.1) is 18.3 Å². The summed E-state index contributed by atoms with van der Waals surface area (Å²) in [6, 6.07) is 18.3. The summed E-state index contributed by atoms with van der Waals surface area (Å²) in [6.07, 6.45) is 2.23. The summed E-state index contributed by atoms with van der Waals surface area (Å²) in [4.78, 5) is 12.0. The molecule has 0 spiro atoms. The Bertz CT molecular complexity index is 936. The molecule has 126 valence electrons. The Morgan fingerprint density at radius 2 is 2.00 bits per heavy atom. The van der Waals surface area contributed by atoms with Crippen LogP contribution in [0.2, 0.25) is 0 Å². The van der Waals surface area contributed by atoms with Crippen LogP contribution in [-0.2, 0) is 16.1 Å². The van der Waals surface area contributed by atoms with Gasteiger partial charge < -0.3 is 9.30 Å². The molecular formula is C21H20N2O2. The molecule has 0 N–H and O–H groups in total. The quantitative estimate of drug-likeness (QED) is 0.659. The summed E-state index contributed by atoms with van der Waals surface area (Å²) in [6.45, 7) is 2.84. The number of methoxy groups -OCH3 is 1. The van der Waals surface area contributed by atoms with Gasteiger partial charge in [-0.3, -0.25) is 4.79 Å². The number of carbonyl (C=O) groups is 1. The van der Waals surface area contributed by atoms with Crippen molar-refractivity contribution in [2.24, 2.45) is 0 Å². The van der Waals surface area contributed by atoms with Gasteiger partial charge in [0.15, 0.2) is 0 Å². The van der Waals surface area contributed by atoms with E-state index in [-0.39, 0.29) is 12.4 Å². The minimum atomic E-state index is -0.556. The smallest absolute Gasteiger partial charge is 0.314 e. The van der Waals surface area contributed by atoms with Gasteiger partial charge in [-0.05, 0) is 29.7 Å². The maximum absolute atomic E-state index is 12.0. The van der Waals surface area contributed by atoms with Gasteiger partial charge in [0.1, 0.15) is 0 Å². The first-order valence-electron chi connectivity index (χ1n) is 8.22. The number of fused-ring (bicyclic) bond motifs is 1. The standard InChI is InChI=1S/C21H20N2O2/c1-15-13-23(14-16-6-4-3-5-7-16)20-12-17(8-9-18(15)20)19(10-11-22)21(24)25-2/h3-9,12-13,19H,10,14H2,1-2H3. The fourth-order valence-electron chi connectivity index (χ4n) is 3.19. The summed E-state index contributed by atoms with van der Waals surface area (Å²) in [5.41, 5.74) is 4.28. The number of esters is 1. The van der Waals surface area contributed by atoms with E-state index in [9.17, 15) is 4.79 Å². The van der Waals surface area contributed by atoms with Crippen LogP contribution in [0.1, 0.15) is 29.0 Å². The molecule has 4 heteroatoms. The Morgan fingerprint density at radius 3 is 2.68 bits per heavy atom. The van der Waals surface area contributed by atoms with E-state index in [0.717, 1.165) is 23.0 Å². The summed E-state index contributed by atoms with van der Waals surface area (Å²) in [5, 5.41) is 10.2. The highest BCUT2D eigenvalue weighted by atomic mass is 16.5. The van der Waals surface area contributed by atoms with Crippen molar-refractivity contribution in [2.75, 3.05) is 7.11 Å². The number of ether oxygens (including phenoxy) is 1. The van der Waals surface area contributed by atoms with Gasteiger partial charge in [0.05, 0.1) is 25.5 Å². The number of nitrogens with zero attached hydrogens (tertiary/aromatic N) is 2. The van der Waals surface area contributed by atoms with E-state index >= 15 is 0 Å². The van der Waals surface area contributed by atoms with Crippen molar-refractivity contribution in [3.63, 3.8) is 0 Å². The first-order valence-corrected chi connectivity index (χ1v) is 8.22. The Labute approximate surface area is 147 Å². The molecule has 0 aliphatic rings. The zero-order valence-electron chi connectivity index (χ0n) is 14.4. The highest BCUT2D eigenvalue weighted by Crippen LogP contribution is 2.28. The fourth-order valence-corrected chi connectivity index (χ4v) is 3.19. The second-order valence-corrected chi connectivity index (χ2v) is 6.14. The number of hydrogen-bond donors (Lipinski definition) is 0. The monoisotopic (exact) mass is 332 g/mol. The third-order valence-electron chi connectivity index (χ3n) is 4.48. The van der Waals surface area contributed by atoms with Crippen molar-refractivity contribution in [3.05, 3.63) is 71.4 Å². The van der Waals surface area contributed by atoms with Gasteiger partial charge in [-0.2, -0.15) is 5.26 Å². The molecular weight excluding hydrogens is 312 g/mol. The predicted molar refractivity (Wildman–Crippen MR) is 97.2 cm³/mol. The molecule has 1 aromatic heterocycles. The van der Waals surface area contributed by atoms with E-state index in [0.29, 0.717) is 0 Å². The topological polar surface area (TPSA) is 55.0 Å². The third-order valence-corrected chi connectivity index (χ3v) is 4.48. The van der Waals surface area contributed by atoms with Crippen LogP contribution in [0.15, 0.2) is 54.7 Å². The maximum atomic E-state index is 12.0. The van der Waals surface area contributed by atoms with Crippen LogP contribution in [0.4, 0.5) is 0 Å². The predicted octanol–water partition coefficient (Wildman–Crippen LogP) is 4.17. The normalized spacial score (nSPS) is 11.9. The van der Waals surface area contributed by atoms with Gasteiger partial charge in [0.2, 0.25) is 0 Å². The number of aromatic nitrogens is 1. The molecule has 0 amide bonds. The van der Waals surface area contributed by atoms with E-state index in [1.165, 1.54) is 18.2 Å². The maximum Gasteiger partial charge on any atom is 0.314 e. The molecule has 2 aromatic carbocycles. The van der Waals surface area contributed by atoms with E-state index in [1.807, 2.05) is 36.4 Å². The summed E-state index contributed by atoms with van der Waals surface area (Å²) < 4.78 is 7.05. The minimum Gasteiger partial charge on any atom is -0.469 e. The highest BCUT2D eigenvalue weighted by Gasteiger charge is 2.22. The number of carbonyl (C=O) groups excluding carboxylic acids is 1. The average molecular weight is 332 g/mol. The highest BCUT2D eigenvalue weighted by molar-refractivity contribution is 5.87. The Kier molecular flexibility index (Phi) is 4.85. The first kappa shape index (κ1) is 16.8. The SMILES string of the molecule is COC(=O)C(CC#N)c1ccc2c(C)cn(Cc3ccccc3)c2c1. The lowest BCUT2D eigenvalue weighted by molar-refractivity contribution is -0.142. The van der Waals surface area contributed by atoms with Crippen molar-refractivity contribution >= 4 is 16.9 Å². The molecule has 3 aromatic rings. The fraction of sp³-hybridized carbons (Fsp3) is 0.238. The van der Waals surface area contributed by atoms with Gasteiger partial charge in [-0.1, -0.05) is 42.5 Å². The van der Waals surface area contributed by atoms with Gasteiger partial charge >= 0.3 is 5.97 Å². The average Bonchev–Trinajstić information content (AvgIpc) is 2.95. The largest absolute Gasteiger partial charge is 0.469 e. The summed E-state index contributed by atoms with van der Waals surface area (Å²) >= 11 is 0. The molecule has 0 saturated carbocycles. The molecule has 0 bridgehead atoms. The molecule has 0 saturated heterocycles. The second-order valence-electron chi connectivity index (χ2n) is 6.14. The van der Waals surface area contributed by atoms with Gasteiger partial charge in [0, 0.05) is 23.6 Å². The van der Waals surface area contributed by atoms with Crippen LogP contribution in [0.3, 0.4) is 0 Å². The molecule has 1 unspecified atom stereocenters. The lowest BCUT2D eigenvalue weighted by Crippen LogP contribution is -2.14. The van der Waals surface area contributed by atoms with E-state index in [4.69, 9.17) is 10.00 Å². The number of nitriles is 1. The van der Waals surface area contributed by atoms with Gasteiger partial charge in [0.25, 0.3) is 0 Å². The number of benzene rings is 2. The van der Waals surface area contributed by atoms with Crippen molar-refractivity contribution in [1.82, 2.24) is 4.57 Å². The third kappa shape index (κ3) is 3.41. The van der Waals surface area contributed by atoms with Crippen LogP contribution in [0.25, 0.3) is 10.9 Å². The lowest BCUT2D eigenvalue weighted by atomic mass is 9.95. The van der Waals surface area contributed by atoms with E-state index < -0.39 is 5.92 Å². The molecule has 0 aliphatic heterocycles. The minimum absolute atomic E-state index is 0.108. The number of hydrogen-bond acceptors (Lipinski definition) is 3. The zero-order valence-corrected chi connectivity index (χ0v) is 14.4. The summed E-state index contributed by atoms with van der Waals surface area (Å²) in [7, 11) is 1.35. The van der Waals surface area contributed by atoms with E-state index in [2.05, 4.69) is 35.9 Å². The summed E-state index contributed by atoms with van der Waals surface area (Å²) in [5.74, 6) is -0.932. The Morgan fingerprint density at radius 1 is 1.24 bits per heavy atom. The Balaban J connectivity index is 2.05. The zero-order chi connectivity index (χ0) is 17.8. The molecule has 4 nitrogen and oxygen atoms in total. The van der Waals surface area contributed by atoms with Crippen molar-refractivity contribution in [1.29, 1.82) is 5.26 Å². The molecule has 0 radical (unpaired) electrons. The Hall–Kier alpha value is -3.06. The molecule has 3 rings (SSSR count). The first-order chi connectivity index (χ1) is 12.1. The second kappa shape index (κ2) is 7.23. The van der Waals surface area contributed by atoms with Gasteiger partial charge in [-0.25, -0.2) is 0 Å². The van der Waals surface area contributed by atoms with Gasteiger partial charge in [-0.15, -0.1) is 0 Å². The molecule has 1 atom stereocenters. The number of rotatable bonds is 5. The van der Waals surface area contributed by atoms with Crippen molar-refractivity contribution in [3.8, 4) is 6.07 Å². The lowest BCUT2D eigenvalue weighted by Gasteiger charge is -2.13. The van der Waals surface area contributed by atoms with Crippen LogP contribution >= 0.6 is 0 Å². The number of aryl methyl sites for hydroxylation is 1. The van der Waals surface area contributed by atoms with E-state index in [1.54, 1.807) is 0 Å². The van der Waals surface area contributed by atoms with Crippen LogP contribution in [0.5, 0.6) is 0 Å². The molecule has 0 aliphatic carbocycles. The van der Waals surface area contributed by atoms with Crippen LogP contribution < -0.4 is 0 Å².